The quantitative estimate of drug-likeness (QED) is 0.809. The van der Waals surface area contributed by atoms with Crippen LogP contribution in [0.15, 0.2) is 24.3 Å². The van der Waals surface area contributed by atoms with Gasteiger partial charge in [-0.05, 0) is 37.0 Å². The zero-order chi connectivity index (χ0) is 17.9. The average molecular weight is 336 g/mol. The van der Waals surface area contributed by atoms with Gasteiger partial charge >= 0.3 is 5.97 Å². The first-order valence-corrected chi connectivity index (χ1v) is 8.39. The Bertz CT molecular complexity index is 599. The number of likely N-dealkylation sites (tertiary alicyclic amines) is 1. The molecule has 3 N–H and O–H groups in total. The van der Waals surface area contributed by atoms with E-state index in [0.717, 1.165) is 5.56 Å². The van der Waals surface area contributed by atoms with E-state index in [1.165, 1.54) is 12.1 Å². The van der Waals surface area contributed by atoms with Crippen molar-refractivity contribution in [2.24, 2.45) is 11.1 Å². The molecule has 1 aliphatic rings. The average Bonchev–Trinajstić information content (AvgIpc) is 2.57. The van der Waals surface area contributed by atoms with Crippen LogP contribution in [0.2, 0.25) is 0 Å². The van der Waals surface area contributed by atoms with Crippen LogP contribution in [0.1, 0.15) is 44.6 Å². The second kappa shape index (κ2) is 7.30. The van der Waals surface area contributed by atoms with E-state index in [9.17, 15) is 19.1 Å². The number of rotatable bonds is 5. The molecule has 5 nitrogen and oxygen atoms in total. The molecule has 24 heavy (non-hydrogen) atoms. The summed E-state index contributed by atoms with van der Waals surface area (Å²) >= 11 is 0. The predicted octanol–water partition coefficient (Wildman–Crippen LogP) is 2.36. The van der Waals surface area contributed by atoms with Crippen LogP contribution in [0.25, 0.3) is 0 Å². The fraction of sp³-hybridized carbons (Fsp3) is 0.556. The Labute approximate surface area is 141 Å². The lowest BCUT2D eigenvalue weighted by Crippen LogP contribution is -2.55. The van der Waals surface area contributed by atoms with Crippen molar-refractivity contribution in [3.8, 4) is 0 Å². The summed E-state index contributed by atoms with van der Waals surface area (Å²) < 4.78 is 13.1. The van der Waals surface area contributed by atoms with E-state index in [2.05, 4.69) is 0 Å². The van der Waals surface area contributed by atoms with Crippen molar-refractivity contribution in [2.75, 3.05) is 13.1 Å². The van der Waals surface area contributed by atoms with E-state index in [1.807, 2.05) is 0 Å². The van der Waals surface area contributed by atoms with E-state index in [0.29, 0.717) is 19.5 Å². The molecule has 2 atom stereocenters. The highest BCUT2D eigenvalue weighted by Crippen LogP contribution is 2.33. The highest BCUT2D eigenvalue weighted by molar-refractivity contribution is 6.01. The lowest BCUT2D eigenvalue weighted by molar-refractivity contribution is -0.162. The minimum atomic E-state index is -1.37. The lowest BCUT2D eigenvalue weighted by atomic mass is 9.79. The van der Waals surface area contributed by atoms with Crippen molar-refractivity contribution in [2.45, 2.75) is 45.1 Å². The van der Waals surface area contributed by atoms with Gasteiger partial charge in [0.25, 0.3) is 0 Å². The molecule has 0 radical (unpaired) electrons. The van der Waals surface area contributed by atoms with Crippen LogP contribution in [0.5, 0.6) is 0 Å². The van der Waals surface area contributed by atoms with Crippen LogP contribution < -0.4 is 5.73 Å². The van der Waals surface area contributed by atoms with Crippen molar-refractivity contribution < 1.29 is 19.1 Å². The van der Waals surface area contributed by atoms with E-state index in [4.69, 9.17) is 5.73 Å². The third-order valence-corrected chi connectivity index (χ3v) is 5.27. The van der Waals surface area contributed by atoms with Gasteiger partial charge in [0.15, 0.2) is 0 Å². The zero-order valence-electron chi connectivity index (χ0n) is 14.2. The Morgan fingerprint density at radius 2 is 1.88 bits per heavy atom. The number of nitrogens with two attached hydrogens (primary N) is 1. The van der Waals surface area contributed by atoms with E-state index < -0.39 is 11.4 Å². The Morgan fingerprint density at radius 1 is 1.29 bits per heavy atom. The summed E-state index contributed by atoms with van der Waals surface area (Å²) in [5.74, 6) is -1.69. The minimum Gasteiger partial charge on any atom is -0.480 e. The van der Waals surface area contributed by atoms with Gasteiger partial charge in [-0.1, -0.05) is 26.0 Å². The number of aliphatic carboxylic acids is 1. The third-order valence-electron chi connectivity index (χ3n) is 5.27. The molecule has 0 spiro atoms. The number of carbonyl (C=O) groups is 2. The highest BCUT2D eigenvalue weighted by Gasteiger charge is 2.46. The van der Waals surface area contributed by atoms with Crippen LogP contribution in [-0.4, -0.2) is 41.0 Å². The van der Waals surface area contributed by atoms with Crippen LogP contribution in [-0.2, 0) is 9.59 Å². The van der Waals surface area contributed by atoms with Crippen molar-refractivity contribution in [3.05, 3.63) is 35.6 Å². The molecule has 1 aromatic rings. The van der Waals surface area contributed by atoms with Gasteiger partial charge in [-0.3, -0.25) is 9.59 Å². The number of piperidine rings is 1. The molecule has 0 bridgehead atoms. The van der Waals surface area contributed by atoms with E-state index >= 15 is 0 Å². The van der Waals surface area contributed by atoms with Gasteiger partial charge in [0.05, 0.1) is 0 Å². The van der Waals surface area contributed by atoms with Crippen LogP contribution in [0, 0.1) is 11.2 Å². The summed E-state index contributed by atoms with van der Waals surface area (Å²) in [6.07, 6.45) is 1.15. The van der Waals surface area contributed by atoms with E-state index in [1.54, 1.807) is 30.9 Å². The fourth-order valence-electron chi connectivity index (χ4n) is 3.54. The number of hydrogen-bond acceptors (Lipinski definition) is 3. The molecule has 1 saturated heterocycles. The van der Waals surface area contributed by atoms with Gasteiger partial charge in [-0.2, -0.15) is 0 Å². The maximum atomic E-state index is 13.1. The molecule has 0 aliphatic carbocycles. The zero-order valence-corrected chi connectivity index (χ0v) is 14.2. The summed E-state index contributed by atoms with van der Waals surface area (Å²) in [6.45, 7) is 4.22. The standard InChI is InChI=1S/C18H25FN2O3/c1-3-18(4-2,17(23)24)16(22)21-10-9-14(15(20)11-21)12-5-7-13(19)8-6-12/h5-8,14-15H,3-4,9-11,20H2,1-2H3,(H,23,24)/t14-,15+/m1/s1. The molecule has 0 saturated carbocycles. The number of nitrogens with zero attached hydrogens (tertiary/aromatic N) is 1. The van der Waals surface area contributed by atoms with Crippen molar-refractivity contribution >= 4 is 11.9 Å². The van der Waals surface area contributed by atoms with Gasteiger partial charge in [0.2, 0.25) is 5.91 Å². The van der Waals surface area contributed by atoms with Crippen molar-refractivity contribution in [1.82, 2.24) is 4.90 Å². The van der Waals surface area contributed by atoms with E-state index in [-0.39, 0.29) is 36.5 Å². The second-order valence-corrected chi connectivity index (χ2v) is 6.46. The second-order valence-electron chi connectivity index (χ2n) is 6.46. The van der Waals surface area contributed by atoms with Gasteiger partial charge in [-0.25, -0.2) is 4.39 Å². The Kier molecular flexibility index (Phi) is 5.59. The van der Waals surface area contributed by atoms with Crippen LogP contribution >= 0.6 is 0 Å². The number of amides is 1. The van der Waals surface area contributed by atoms with Gasteiger partial charge in [0, 0.05) is 25.0 Å². The number of carboxylic acid groups (broad SMARTS) is 1. The molecule has 0 aromatic heterocycles. The molecule has 1 aliphatic heterocycles. The Morgan fingerprint density at radius 3 is 2.33 bits per heavy atom. The Hall–Kier alpha value is -1.95. The summed E-state index contributed by atoms with van der Waals surface area (Å²) in [5, 5.41) is 9.53. The highest BCUT2D eigenvalue weighted by atomic mass is 19.1. The summed E-state index contributed by atoms with van der Waals surface area (Å²) in [5.41, 5.74) is 5.82. The first kappa shape index (κ1) is 18.4. The molecular formula is C18H25FN2O3. The van der Waals surface area contributed by atoms with Crippen LogP contribution in [0.4, 0.5) is 4.39 Å². The molecule has 1 heterocycles. The molecule has 1 amide bonds. The number of carboxylic acids is 1. The largest absolute Gasteiger partial charge is 0.480 e. The predicted molar refractivity (Wildman–Crippen MR) is 89.0 cm³/mol. The number of carbonyl (C=O) groups excluding carboxylic acids is 1. The monoisotopic (exact) mass is 336 g/mol. The summed E-state index contributed by atoms with van der Waals surface area (Å²) in [7, 11) is 0. The van der Waals surface area contributed by atoms with Gasteiger partial charge < -0.3 is 15.7 Å². The summed E-state index contributed by atoms with van der Waals surface area (Å²) in [4.78, 5) is 26.0. The van der Waals surface area contributed by atoms with Gasteiger partial charge in [-0.15, -0.1) is 0 Å². The minimum absolute atomic E-state index is 0.0390. The molecule has 1 fully saturated rings. The Balaban J connectivity index is 2.13. The first-order chi connectivity index (χ1) is 11.4. The third kappa shape index (κ3) is 3.29. The maximum absolute atomic E-state index is 13.1. The maximum Gasteiger partial charge on any atom is 0.319 e. The van der Waals surface area contributed by atoms with Crippen molar-refractivity contribution in [3.63, 3.8) is 0 Å². The number of hydrogen-bond donors (Lipinski definition) is 2. The van der Waals surface area contributed by atoms with Crippen molar-refractivity contribution in [1.29, 1.82) is 0 Å². The van der Waals surface area contributed by atoms with Gasteiger partial charge in [0.1, 0.15) is 11.2 Å². The first-order valence-electron chi connectivity index (χ1n) is 8.39. The molecule has 2 rings (SSSR count). The molecule has 0 unspecified atom stereocenters. The smallest absolute Gasteiger partial charge is 0.319 e. The SMILES string of the molecule is CCC(CC)(C(=O)O)C(=O)N1CC[C@H](c2ccc(F)cc2)[C@@H](N)C1. The molecule has 6 heteroatoms. The number of halogens is 1. The van der Waals surface area contributed by atoms with Crippen LogP contribution in [0.3, 0.4) is 0 Å². The molecule has 132 valence electrons. The fourth-order valence-corrected chi connectivity index (χ4v) is 3.54. The lowest BCUT2D eigenvalue weighted by Gasteiger charge is -2.40. The number of benzene rings is 1. The summed E-state index contributed by atoms with van der Waals surface area (Å²) in [6, 6.07) is 5.95. The topological polar surface area (TPSA) is 83.6 Å². The normalized spacial score (nSPS) is 21.6. The molecule has 1 aromatic carbocycles. The molecular weight excluding hydrogens is 311 g/mol.